The number of benzene rings is 2. The minimum absolute atomic E-state index is 0.235. The van der Waals surface area contributed by atoms with Crippen LogP contribution in [0.1, 0.15) is 22.5 Å². The lowest BCUT2D eigenvalue weighted by atomic mass is 10.2. The Morgan fingerprint density at radius 2 is 1.92 bits per heavy atom. The molecule has 0 saturated heterocycles. The van der Waals surface area contributed by atoms with Gasteiger partial charge in [0.25, 0.3) is 5.91 Å². The largest absolute Gasteiger partial charge is 0.403 e. The van der Waals surface area contributed by atoms with Gasteiger partial charge in [-0.3, -0.25) is 9.48 Å². The fourth-order valence-electron chi connectivity index (χ4n) is 2.67. The molecule has 0 fully saturated rings. The van der Waals surface area contributed by atoms with Crippen LogP contribution in [-0.4, -0.2) is 22.2 Å². The maximum absolute atomic E-state index is 12.5. The van der Waals surface area contributed by atoms with Gasteiger partial charge in [-0.2, -0.15) is 5.10 Å². The van der Waals surface area contributed by atoms with Crippen molar-refractivity contribution in [3.63, 3.8) is 0 Å². The average molecular weight is 370 g/mol. The molecule has 0 saturated carbocycles. The van der Waals surface area contributed by atoms with Crippen molar-refractivity contribution < 1.29 is 4.79 Å². The van der Waals surface area contributed by atoms with Crippen LogP contribution in [0.25, 0.3) is 10.9 Å². The lowest BCUT2D eigenvalue weighted by molar-refractivity contribution is 0.0950. The van der Waals surface area contributed by atoms with E-state index in [0.29, 0.717) is 35.9 Å². The lowest BCUT2D eigenvalue weighted by Gasteiger charge is -2.04. The van der Waals surface area contributed by atoms with Gasteiger partial charge in [-0.25, -0.2) is 0 Å². The summed E-state index contributed by atoms with van der Waals surface area (Å²) in [7, 11) is 0. The van der Waals surface area contributed by atoms with E-state index >= 15 is 0 Å². The van der Waals surface area contributed by atoms with Crippen LogP contribution in [0.5, 0.6) is 0 Å². The Kier molecular flexibility index (Phi) is 5.43. The summed E-state index contributed by atoms with van der Waals surface area (Å²) in [6, 6.07) is 15.2. The van der Waals surface area contributed by atoms with E-state index in [0.717, 1.165) is 16.5 Å². The molecular formula is C19H20ClN5O. The molecule has 0 spiro atoms. The molecular weight excluding hydrogens is 350 g/mol. The topological polar surface area (TPSA) is 99.0 Å². The molecule has 1 amide bonds. The second-order valence-electron chi connectivity index (χ2n) is 5.90. The van der Waals surface area contributed by atoms with Gasteiger partial charge in [-0.1, -0.05) is 41.9 Å². The van der Waals surface area contributed by atoms with Crippen molar-refractivity contribution in [3.05, 3.63) is 76.7 Å². The van der Waals surface area contributed by atoms with Gasteiger partial charge in [-0.05, 0) is 23.8 Å². The maximum atomic E-state index is 12.5. The molecule has 5 N–H and O–H groups in total. The molecule has 0 aliphatic carbocycles. The molecule has 1 aromatic heterocycles. The zero-order valence-corrected chi connectivity index (χ0v) is 14.9. The summed E-state index contributed by atoms with van der Waals surface area (Å²) in [5.74, 6) is -0.235. The van der Waals surface area contributed by atoms with Crippen molar-refractivity contribution >= 4 is 28.4 Å². The van der Waals surface area contributed by atoms with Gasteiger partial charge >= 0.3 is 0 Å². The SMILES string of the molecule is N/C=C(\N)CCNC(=O)c1nn(Cc2ccc(Cl)cc2)c2ccccc12. The monoisotopic (exact) mass is 369 g/mol. The average Bonchev–Trinajstić information content (AvgIpc) is 3.02. The van der Waals surface area contributed by atoms with Gasteiger partial charge in [0, 0.05) is 35.3 Å². The van der Waals surface area contributed by atoms with E-state index in [2.05, 4.69) is 10.4 Å². The molecule has 26 heavy (non-hydrogen) atoms. The first-order valence-electron chi connectivity index (χ1n) is 8.23. The zero-order chi connectivity index (χ0) is 18.5. The molecule has 0 aliphatic heterocycles. The molecule has 6 nitrogen and oxygen atoms in total. The molecule has 0 radical (unpaired) electrons. The molecule has 1 heterocycles. The highest BCUT2D eigenvalue weighted by Gasteiger charge is 2.16. The standard InChI is InChI=1S/C19H20ClN5O/c20-14-7-5-13(6-8-14)12-25-17-4-2-1-3-16(17)18(24-25)19(26)23-10-9-15(22)11-21/h1-8,11H,9-10,12,21-22H2,(H,23,26)/b15-11-. The van der Waals surface area contributed by atoms with Crippen LogP contribution < -0.4 is 16.8 Å². The maximum Gasteiger partial charge on any atom is 0.272 e. The molecule has 0 unspecified atom stereocenters. The molecule has 2 aromatic carbocycles. The van der Waals surface area contributed by atoms with Gasteiger partial charge in [0.05, 0.1) is 12.1 Å². The van der Waals surface area contributed by atoms with E-state index in [1.165, 1.54) is 6.20 Å². The number of aromatic nitrogens is 2. The first-order chi connectivity index (χ1) is 12.6. The van der Waals surface area contributed by atoms with Crippen LogP contribution in [0.2, 0.25) is 5.02 Å². The van der Waals surface area contributed by atoms with Gasteiger partial charge in [0.2, 0.25) is 0 Å². The number of nitrogens with one attached hydrogen (secondary N) is 1. The number of nitrogens with two attached hydrogens (primary N) is 2. The van der Waals surface area contributed by atoms with Crippen molar-refractivity contribution in [3.8, 4) is 0 Å². The van der Waals surface area contributed by atoms with E-state index in [1.54, 1.807) is 0 Å². The third kappa shape index (κ3) is 3.97. The van der Waals surface area contributed by atoms with Gasteiger partial charge in [0.15, 0.2) is 5.69 Å². The summed E-state index contributed by atoms with van der Waals surface area (Å²) < 4.78 is 1.82. The summed E-state index contributed by atoms with van der Waals surface area (Å²) >= 11 is 5.94. The molecule has 134 valence electrons. The summed E-state index contributed by atoms with van der Waals surface area (Å²) in [5, 5.41) is 8.85. The lowest BCUT2D eigenvalue weighted by Crippen LogP contribution is -2.26. The number of carbonyl (C=O) groups is 1. The minimum atomic E-state index is -0.235. The Morgan fingerprint density at radius 1 is 1.19 bits per heavy atom. The number of fused-ring (bicyclic) bond motifs is 1. The highest BCUT2D eigenvalue weighted by atomic mass is 35.5. The Balaban J connectivity index is 1.84. The Bertz CT molecular complexity index is 946. The van der Waals surface area contributed by atoms with E-state index < -0.39 is 0 Å². The van der Waals surface area contributed by atoms with Crippen molar-refractivity contribution in [1.82, 2.24) is 15.1 Å². The number of hydrogen-bond acceptors (Lipinski definition) is 4. The number of halogens is 1. The number of rotatable bonds is 6. The number of carbonyl (C=O) groups excluding carboxylic acids is 1. The van der Waals surface area contributed by atoms with Crippen molar-refractivity contribution in [1.29, 1.82) is 0 Å². The number of nitrogens with zero attached hydrogens (tertiary/aromatic N) is 2. The van der Waals surface area contributed by atoms with Gasteiger partial charge in [0.1, 0.15) is 0 Å². The quantitative estimate of drug-likeness (QED) is 0.622. The van der Waals surface area contributed by atoms with E-state index in [4.69, 9.17) is 23.1 Å². The summed E-state index contributed by atoms with van der Waals surface area (Å²) in [4.78, 5) is 12.5. The minimum Gasteiger partial charge on any atom is -0.403 e. The highest BCUT2D eigenvalue weighted by molar-refractivity contribution is 6.30. The predicted octanol–water partition coefficient (Wildman–Crippen LogP) is 2.62. The first kappa shape index (κ1) is 17.8. The summed E-state index contributed by atoms with van der Waals surface area (Å²) in [6.07, 6.45) is 1.83. The second-order valence-corrected chi connectivity index (χ2v) is 6.33. The Hall–Kier alpha value is -2.99. The number of amides is 1. The molecule has 0 atom stereocenters. The smallest absolute Gasteiger partial charge is 0.272 e. The van der Waals surface area contributed by atoms with Crippen molar-refractivity contribution in [2.45, 2.75) is 13.0 Å². The summed E-state index contributed by atoms with van der Waals surface area (Å²) in [5.41, 5.74) is 13.9. The van der Waals surface area contributed by atoms with E-state index in [1.807, 2.05) is 53.2 Å². The van der Waals surface area contributed by atoms with Gasteiger partial charge in [-0.15, -0.1) is 0 Å². The molecule has 0 bridgehead atoms. The van der Waals surface area contributed by atoms with Crippen LogP contribution in [0.15, 0.2) is 60.4 Å². The highest BCUT2D eigenvalue weighted by Crippen LogP contribution is 2.20. The molecule has 0 aliphatic rings. The van der Waals surface area contributed by atoms with Crippen LogP contribution >= 0.6 is 11.6 Å². The van der Waals surface area contributed by atoms with Gasteiger partial charge < -0.3 is 16.8 Å². The van der Waals surface area contributed by atoms with Crippen LogP contribution in [0.4, 0.5) is 0 Å². The summed E-state index contributed by atoms with van der Waals surface area (Å²) in [6.45, 7) is 0.949. The second kappa shape index (κ2) is 7.93. The van der Waals surface area contributed by atoms with E-state index in [9.17, 15) is 4.79 Å². The zero-order valence-electron chi connectivity index (χ0n) is 14.2. The van der Waals surface area contributed by atoms with E-state index in [-0.39, 0.29) is 5.91 Å². The normalized spacial score (nSPS) is 11.7. The molecule has 7 heteroatoms. The van der Waals surface area contributed by atoms with Crippen LogP contribution in [0, 0.1) is 0 Å². The first-order valence-corrected chi connectivity index (χ1v) is 8.60. The molecule has 3 aromatic rings. The predicted molar refractivity (Wildman–Crippen MR) is 104 cm³/mol. The van der Waals surface area contributed by atoms with Crippen molar-refractivity contribution in [2.75, 3.05) is 6.54 Å². The number of hydrogen-bond donors (Lipinski definition) is 3. The fourth-order valence-corrected chi connectivity index (χ4v) is 2.79. The number of para-hydroxylation sites is 1. The fraction of sp³-hybridized carbons (Fsp3) is 0.158. The Labute approximate surface area is 156 Å². The van der Waals surface area contributed by atoms with Crippen molar-refractivity contribution in [2.24, 2.45) is 11.5 Å². The molecule has 3 rings (SSSR count). The third-order valence-electron chi connectivity index (χ3n) is 4.03. The Morgan fingerprint density at radius 3 is 2.65 bits per heavy atom. The van der Waals surface area contributed by atoms with Crippen LogP contribution in [0.3, 0.4) is 0 Å². The third-order valence-corrected chi connectivity index (χ3v) is 4.28. The van der Waals surface area contributed by atoms with Crippen LogP contribution in [-0.2, 0) is 6.54 Å².